The molecule has 3 N–H and O–H groups in total. The highest BCUT2D eigenvalue weighted by Crippen LogP contribution is 2.25. The summed E-state index contributed by atoms with van der Waals surface area (Å²) in [5.41, 5.74) is 9.75. The molecule has 1 aliphatic carbocycles. The molecule has 0 unspecified atom stereocenters. The Morgan fingerprint density at radius 1 is 1.33 bits per heavy atom. The molecule has 0 spiro atoms. The molecule has 1 aromatic carbocycles. The Morgan fingerprint density at radius 3 is 2.95 bits per heavy atom. The molecule has 2 aromatic rings. The smallest absolute Gasteiger partial charge is 0.136 e. The molecular weight excluding hydrogens is 285 g/mol. The Morgan fingerprint density at radius 2 is 2.19 bits per heavy atom. The number of halogens is 1. The molecule has 1 heterocycles. The predicted molar refractivity (Wildman–Crippen MR) is 85.9 cm³/mol. The zero-order chi connectivity index (χ0) is 14.8. The molecule has 0 saturated heterocycles. The van der Waals surface area contributed by atoms with Gasteiger partial charge in [-0.15, -0.1) is 0 Å². The van der Waals surface area contributed by atoms with Gasteiger partial charge in [-0.1, -0.05) is 24.4 Å². The van der Waals surface area contributed by atoms with Gasteiger partial charge in [0, 0.05) is 12.2 Å². The van der Waals surface area contributed by atoms with E-state index >= 15 is 0 Å². The zero-order valence-electron chi connectivity index (χ0n) is 11.5. The molecule has 3 rings (SSSR count). The number of nitrogens with one attached hydrogen (secondary N) is 1. The highest BCUT2D eigenvalue weighted by molar-refractivity contribution is 7.80. The van der Waals surface area contributed by atoms with Gasteiger partial charge in [0.1, 0.15) is 16.6 Å². The van der Waals surface area contributed by atoms with Crippen LogP contribution in [0.3, 0.4) is 0 Å². The predicted octanol–water partition coefficient (Wildman–Crippen LogP) is 2.96. The van der Waals surface area contributed by atoms with Gasteiger partial charge < -0.3 is 11.1 Å². The van der Waals surface area contributed by atoms with Crippen LogP contribution in [0.25, 0.3) is 0 Å². The van der Waals surface area contributed by atoms with Crippen molar-refractivity contribution in [3.05, 3.63) is 58.5 Å². The summed E-state index contributed by atoms with van der Waals surface area (Å²) >= 11 is 5.11. The number of thiocarbonyl (C=S) groups is 1. The van der Waals surface area contributed by atoms with Crippen molar-refractivity contribution >= 4 is 23.0 Å². The number of anilines is 1. The summed E-state index contributed by atoms with van der Waals surface area (Å²) in [6, 6.07) is 8.52. The molecule has 108 valence electrons. The van der Waals surface area contributed by atoms with Crippen molar-refractivity contribution in [1.82, 2.24) is 4.98 Å². The molecule has 5 heteroatoms. The highest BCUT2D eigenvalue weighted by atomic mass is 32.1. The Labute approximate surface area is 128 Å². The van der Waals surface area contributed by atoms with E-state index in [1.807, 2.05) is 12.1 Å². The number of hydrogen-bond donors (Lipinski definition) is 2. The van der Waals surface area contributed by atoms with Crippen LogP contribution in [-0.2, 0) is 19.4 Å². The van der Waals surface area contributed by atoms with Gasteiger partial charge in [-0.3, -0.25) is 0 Å². The number of nitrogens with zero attached hydrogens (tertiary/aromatic N) is 1. The number of rotatable bonds is 4. The van der Waals surface area contributed by atoms with Crippen LogP contribution in [0.15, 0.2) is 30.3 Å². The molecule has 0 aliphatic heterocycles. The Balaban J connectivity index is 1.86. The van der Waals surface area contributed by atoms with Gasteiger partial charge in [0.05, 0.1) is 5.56 Å². The summed E-state index contributed by atoms with van der Waals surface area (Å²) < 4.78 is 13.2. The van der Waals surface area contributed by atoms with Crippen LogP contribution >= 0.6 is 12.2 Å². The molecule has 0 fully saturated rings. The summed E-state index contributed by atoms with van der Waals surface area (Å²) in [5, 5.41) is 3.22. The minimum Gasteiger partial charge on any atom is -0.389 e. The van der Waals surface area contributed by atoms with Crippen molar-refractivity contribution in [3.63, 3.8) is 0 Å². The van der Waals surface area contributed by atoms with Crippen molar-refractivity contribution in [2.45, 2.75) is 25.8 Å². The van der Waals surface area contributed by atoms with Crippen LogP contribution in [0.5, 0.6) is 0 Å². The van der Waals surface area contributed by atoms with E-state index in [2.05, 4.69) is 10.3 Å². The van der Waals surface area contributed by atoms with Gasteiger partial charge in [0.15, 0.2) is 0 Å². The van der Waals surface area contributed by atoms with Crippen LogP contribution in [0, 0.1) is 5.82 Å². The summed E-state index contributed by atoms with van der Waals surface area (Å²) in [6.07, 6.45) is 3.14. The third kappa shape index (κ3) is 3.03. The van der Waals surface area contributed by atoms with Gasteiger partial charge in [-0.25, -0.2) is 9.37 Å². The number of fused-ring (bicyclic) bond motifs is 1. The normalized spacial score (nSPS) is 13.0. The maximum atomic E-state index is 13.2. The van der Waals surface area contributed by atoms with E-state index in [0.29, 0.717) is 17.4 Å². The fourth-order valence-electron chi connectivity index (χ4n) is 2.63. The molecule has 1 aliphatic rings. The van der Waals surface area contributed by atoms with E-state index in [4.69, 9.17) is 18.0 Å². The second-order valence-electron chi connectivity index (χ2n) is 5.19. The monoisotopic (exact) mass is 301 g/mol. The average molecular weight is 301 g/mol. The number of nitrogens with two attached hydrogens (primary N) is 1. The van der Waals surface area contributed by atoms with Crippen molar-refractivity contribution in [2.24, 2.45) is 5.73 Å². The maximum absolute atomic E-state index is 13.2. The van der Waals surface area contributed by atoms with E-state index in [1.165, 1.54) is 17.7 Å². The van der Waals surface area contributed by atoms with Crippen LogP contribution in [0.4, 0.5) is 10.2 Å². The van der Waals surface area contributed by atoms with E-state index < -0.39 is 0 Å². The lowest BCUT2D eigenvalue weighted by Gasteiger charge is -2.13. The van der Waals surface area contributed by atoms with Crippen LogP contribution in [-0.4, -0.2) is 9.97 Å². The lowest BCUT2D eigenvalue weighted by atomic mass is 10.1. The molecule has 0 bridgehead atoms. The van der Waals surface area contributed by atoms with E-state index in [9.17, 15) is 4.39 Å². The Kier molecular flexibility index (Phi) is 3.84. The van der Waals surface area contributed by atoms with Gasteiger partial charge >= 0.3 is 0 Å². The third-order valence-electron chi connectivity index (χ3n) is 3.67. The minimum atomic E-state index is -0.245. The first-order chi connectivity index (χ1) is 10.1. The van der Waals surface area contributed by atoms with Gasteiger partial charge in [0.25, 0.3) is 0 Å². The molecule has 1 aromatic heterocycles. The first-order valence-corrected chi connectivity index (χ1v) is 7.35. The summed E-state index contributed by atoms with van der Waals surface area (Å²) in [7, 11) is 0. The average Bonchev–Trinajstić information content (AvgIpc) is 2.91. The molecule has 0 amide bonds. The summed E-state index contributed by atoms with van der Waals surface area (Å²) in [4.78, 5) is 4.97. The second kappa shape index (κ2) is 5.77. The van der Waals surface area contributed by atoms with Crippen molar-refractivity contribution < 1.29 is 4.39 Å². The standard InChI is InChI=1S/C16H16FN3S/c17-12-5-1-3-10(7-12)9-19-16-13(15(18)21)8-11-4-2-6-14(11)20-16/h1,3,5,7-8H,2,4,6,9H2,(H2,18,21)(H,19,20). The zero-order valence-corrected chi connectivity index (χ0v) is 12.3. The van der Waals surface area contributed by atoms with E-state index in [0.717, 1.165) is 36.1 Å². The van der Waals surface area contributed by atoms with Crippen LogP contribution in [0.2, 0.25) is 0 Å². The van der Waals surface area contributed by atoms with Crippen molar-refractivity contribution in [1.29, 1.82) is 0 Å². The lowest BCUT2D eigenvalue weighted by molar-refractivity contribution is 0.626. The number of aromatic nitrogens is 1. The molecule has 0 saturated carbocycles. The van der Waals surface area contributed by atoms with Gasteiger partial charge in [-0.05, 0) is 48.6 Å². The SMILES string of the molecule is NC(=S)c1cc2c(nc1NCc1cccc(F)c1)CCC2. The van der Waals surface area contributed by atoms with Crippen LogP contribution < -0.4 is 11.1 Å². The number of hydrogen-bond acceptors (Lipinski definition) is 3. The quantitative estimate of drug-likeness (QED) is 0.853. The largest absolute Gasteiger partial charge is 0.389 e. The molecule has 3 nitrogen and oxygen atoms in total. The number of pyridine rings is 1. The third-order valence-corrected chi connectivity index (χ3v) is 3.89. The molecule has 0 atom stereocenters. The maximum Gasteiger partial charge on any atom is 0.136 e. The minimum absolute atomic E-state index is 0.245. The van der Waals surface area contributed by atoms with Crippen molar-refractivity contribution in [3.8, 4) is 0 Å². The topological polar surface area (TPSA) is 50.9 Å². The Bertz CT molecular complexity index is 700. The van der Waals surface area contributed by atoms with E-state index in [-0.39, 0.29) is 5.82 Å². The fraction of sp³-hybridized carbons (Fsp3) is 0.250. The molecule has 21 heavy (non-hydrogen) atoms. The Hall–Kier alpha value is -2.01. The molecular formula is C16H16FN3S. The van der Waals surface area contributed by atoms with E-state index in [1.54, 1.807) is 6.07 Å². The summed E-state index contributed by atoms with van der Waals surface area (Å²) in [5.74, 6) is 0.443. The number of aryl methyl sites for hydroxylation is 2. The number of benzene rings is 1. The fourth-order valence-corrected chi connectivity index (χ4v) is 2.78. The highest BCUT2D eigenvalue weighted by Gasteiger charge is 2.17. The van der Waals surface area contributed by atoms with Crippen molar-refractivity contribution in [2.75, 3.05) is 5.32 Å². The lowest BCUT2D eigenvalue weighted by Crippen LogP contribution is -2.15. The first-order valence-electron chi connectivity index (χ1n) is 6.94. The first kappa shape index (κ1) is 13.9. The van der Waals surface area contributed by atoms with Gasteiger partial charge in [0.2, 0.25) is 0 Å². The molecule has 0 radical (unpaired) electrons. The van der Waals surface area contributed by atoms with Gasteiger partial charge in [-0.2, -0.15) is 0 Å². The summed E-state index contributed by atoms with van der Waals surface area (Å²) in [6.45, 7) is 0.485. The van der Waals surface area contributed by atoms with Crippen LogP contribution in [0.1, 0.15) is 28.8 Å². The second-order valence-corrected chi connectivity index (χ2v) is 5.63.